The summed E-state index contributed by atoms with van der Waals surface area (Å²) in [7, 11) is 6.13. The minimum absolute atomic E-state index is 0.0596. The standard InChI is InChI=1S/C20H17BN4O3S/c1-2-28-19(27)11-23-18(26)12-29-20-24-10-17(21)25(20)16-8-7-13(9-22)14-5-3-4-6-15(14)16/h3-8,10H,2,11-12H2,1H3,(H,23,26). The van der Waals surface area contributed by atoms with Crippen molar-refractivity contribution in [2.45, 2.75) is 12.1 Å². The number of nitrogens with one attached hydrogen (secondary N) is 1. The minimum Gasteiger partial charge on any atom is -0.465 e. The maximum absolute atomic E-state index is 12.0. The molecular formula is C20H17BN4O3S. The average Bonchev–Trinajstić information content (AvgIpc) is 3.10. The number of nitriles is 1. The van der Waals surface area contributed by atoms with Crippen LogP contribution in [-0.4, -0.2) is 48.2 Å². The second kappa shape index (κ2) is 9.30. The van der Waals surface area contributed by atoms with Crippen LogP contribution in [0, 0.1) is 11.3 Å². The van der Waals surface area contributed by atoms with Crippen LogP contribution >= 0.6 is 11.8 Å². The third-order valence-corrected chi connectivity index (χ3v) is 5.04. The Morgan fingerprint density at radius 1 is 1.28 bits per heavy atom. The number of carbonyl (C=O) groups is 2. The Balaban J connectivity index is 1.83. The number of hydrogen-bond donors (Lipinski definition) is 1. The molecule has 7 nitrogen and oxygen atoms in total. The molecule has 0 aliphatic heterocycles. The molecule has 0 spiro atoms. The Kier molecular flexibility index (Phi) is 6.57. The summed E-state index contributed by atoms with van der Waals surface area (Å²) in [4.78, 5) is 27.7. The fourth-order valence-corrected chi connectivity index (χ4v) is 3.65. The van der Waals surface area contributed by atoms with Crippen LogP contribution in [0.2, 0.25) is 0 Å². The summed E-state index contributed by atoms with van der Waals surface area (Å²) in [5.41, 5.74) is 1.74. The monoisotopic (exact) mass is 404 g/mol. The number of nitrogens with zero attached hydrogens (tertiary/aromatic N) is 3. The van der Waals surface area contributed by atoms with Crippen molar-refractivity contribution < 1.29 is 14.3 Å². The van der Waals surface area contributed by atoms with Crippen molar-refractivity contribution in [1.29, 1.82) is 5.26 Å². The fourth-order valence-electron chi connectivity index (χ4n) is 2.83. The van der Waals surface area contributed by atoms with Crippen LogP contribution in [0.5, 0.6) is 0 Å². The van der Waals surface area contributed by atoms with E-state index in [2.05, 4.69) is 16.4 Å². The predicted molar refractivity (Wildman–Crippen MR) is 112 cm³/mol. The van der Waals surface area contributed by atoms with Crippen molar-refractivity contribution in [3.8, 4) is 11.8 Å². The lowest BCUT2D eigenvalue weighted by molar-refractivity contribution is -0.143. The molecule has 1 heterocycles. The topological polar surface area (TPSA) is 97.0 Å². The van der Waals surface area contributed by atoms with Crippen molar-refractivity contribution in [2.75, 3.05) is 18.9 Å². The van der Waals surface area contributed by atoms with Crippen LogP contribution in [0.3, 0.4) is 0 Å². The SMILES string of the molecule is [B]c1cnc(SCC(=O)NCC(=O)OCC)n1-c1ccc(C#N)c2ccccc12. The summed E-state index contributed by atoms with van der Waals surface area (Å²) >= 11 is 1.20. The Hall–Kier alpha value is -3.25. The fraction of sp³-hybridized carbons (Fsp3) is 0.200. The normalized spacial score (nSPS) is 10.5. The van der Waals surface area contributed by atoms with E-state index in [4.69, 9.17) is 12.6 Å². The first-order chi connectivity index (χ1) is 14.0. The Labute approximate surface area is 173 Å². The molecule has 1 N–H and O–H groups in total. The lowest BCUT2D eigenvalue weighted by Gasteiger charge is -2.14. The molecule has 0 saturated carbocycles. The van der Waals surface area contributed by atoms with E-state index in [9.17, 15) is 14.9 Å². The first kappa shape index (κ1) is 20.5. The molecular weight excluding hydrogens is 387 g/mol. The molecule has 3 rings (SSSR count). The summed E-state index contributed by atoms with van der Waals surface area (Å²) in [6.45, 7) is 1.79. The van der Waals surface area contributed by atoms with Crippen molar-refractivity contribution in [2.24, 2.45) is 0 Å². The molecule has 0 fully saturated rings. The molecule has 144 valence electrons. The van der Waals surface area contributed by atoms with E-state index >= 15 is 0 Å². The summed E-state index contributed by atoms with van der Waals surface area (Å²) in [6, 6.07) is 13.3. The Bertz CT molecular complexity index is 1110. The second-order valence-corrected chi connectivity index (χ2v) is 6.90. The highest BCUT2D eigenvalue weighted by molar-refractivity contribution is 7.99. The van der Waals surface area contributed by atoms with Crippen molar-refractivity contribution in [3.63, 3.8) is 0 Å². The van der Waals surface area contributed by atoms with E-state index < -0.39 is 5.97 Å². The second-order valence-electron chi connectivity index (χ2n) is 5.96. The number of benzene rings is 2. The molecule has 0 aliphatic carbocycles. The number of rotatable bonds is 7. The molecule has 1 aromatic heterocycles. The first-order valence-corrected chi connectivity index (χ1v) is 9.84. The van der Waals surface area contributed by atoms with Gasteiger partial charge in [-0.05, 0) is 24.6 Å². The highest BCUT2D eigenvalue weighted by Crippen LogP contribution is 2.28. The molecule has 0 atom stereocenters. The lowest BCUT2D eigenvalue weighted by Crippen LogP contribution is -2.32. The van der Waals surface area contributed by atoms with Gasteiger partial charge in [-0.3, -0.25) is 9.59 Å². The number of carbonyl (C=O) groups excluding carboxylic acids is 2. The minimum atomic E-state index is -0.486. The molecule has 1 amide bonds. The number of thioether (sulfide) groups is 1. The maximum atomic E-state index is 12.0. The molecule has 0 saturated heterocycles. The Morgan fingerprint density at radius 3 is 2.76 bits per heavy atom. The van der Waals surface area contributed by atoms with E-state index in [1.807, 2.05) is 30.3 Å². The highest BCUT2D eigenvalue weighted by atomic mass is 32.2. The molecule has 2 radical (unpaired) electrons. The predicted octanol–water partition coefficient (Wildman–Crippen LogP) is 1.46. The smallest absolute Gasteiger partial charge is 0.325 e. The van der Waals surface area contributed by atoms with Crippen LogP contribution in [0.15, 0.2) is 47.8 Å². The molecule has 3 aromatic rings. The molecule has 2 aromatic carbocycles. The number of ether oxygens (including phenoxy) is 1. The van der Waals surface area contributed by atoms with E-state index in [0.29, 0.717) is 16.3 Å². The van der Waals surface area contributed by atoms with Gasteiger partial charge in [0.25, 0.3) is 0 Å². The Morgan fingerprint density at radius 2 is 2.03 bits per heavy atom. The van der Waals surface area contributed by atoms with Gasteiger partial charge in [-0.2, -0.15) is 5.26 Å². The molecule has 0 unspecified atom stereocenters. The average molecular weight is 404 g/mol. The van der Waals surface area contributed by atoms with E-state index in [1.54, 1.807) is 17.6 Å². The number of esters is 1. The van der Waals surface area contributed by atoms with Gasteiger partial charge in [0, 0.05) is 17.0 Å². The zero-order valence-electron chi connectivity index (χ0n) is 15.7. The van der Waals surface area contributed by atoms with Crippen LogP contribution in [0.1, 0.15) is 12.5 Å². The number of amides is 1. The number of fused-ring (bicyclic) bond motifs is 1. The highest BCUT2D eigenvalue weighted by Gasteiger charge is 2.15. The first-order valence-electron chi connectivity index (χ1n) is 8.85. The van der Waals surface area contributed by atoms with E-state index in [-0.39, 0.29) is 24.8 Å². The van der Waals surface area contributed by atoms with Gasteiger partial charge in [-0.25, -0.2) is 4.98 Å². The molecule has 0 bridgehead atoms. The molecule has 29 heavy (non-hydrogen) atoms. The van der Waals surface area contributed by atoms with Crippen LogP contribution < -0.4 is 10.9 Å². The quantitative estimate of drug-likeness (QED) is 0.364. The van der Waals surface area contributed by atoms with Gasteiger partial charge in [0.05, 0.1) is 29.7 Å². The van der Waals surface area contributed by atoms with Crippen LogP contribution in [0.25, 0.3) is 16.5 Å². The lowest BCUT2D eigenvalue weighted by atomic mass is 10.0. The van der Waals surface area contributed by atoms with Gasteiger partial charge in [0.15, 0.2) is 5.16 Å². The summed E-state index contributed by atoms with van der Waals surface area (Å²) in [5, 5.41) is 14.1. The van der Waals surface area contributed by atoms with Gasteiger partial charge in [0.2, 0.25) is 5.91 Å². The molecule has 0 aliphatic rings. The largest absolute Gasteiger partial charge is 0.465 e. The maximum Gasteiger partial charge on any atom is 0.325 e. The zero-order valence-corrected chi connectivity index (χ0v) is 16.5. The zero-order chi connectivity index (χ0) is 20.8. The van der Waals surface area contributed by atoms with Crippen molar-refractivity contribution in [3.05, 3.63) is 48.2 Å². The van der Waals surface area contributed by atoms with Crippen LogP contribution in [0.4, 0.5) is 0 Å². The molecule has 9 heteroatoms. The van der Waals surface area contributed by atoms with Gasteiger partial charge in [-0.1, -0.05) is 36.0 Å². The number of aromatic nitrogens is 2. The third kappa shape index (κ3) is 4.61. The summed E-state index contributed by atoms with van der Waals surface area (Å²) < 4.78 is 6.52. The van der Waals surface area contributed by atoms with E-state index in [0.717, 1.165) is 16.5 Å². The van der Waals surface area contributed by atoms with Crippen molar-refractivity contribution in [1.82, 2.24) is 14.9 Å². The van der Waals surface area contributed by atoms with Gasteiger partial charge in [0.1, 0.15) is 14.4 Å². The number of hydrogen-bond acceptors (Lipinski definition) is 6. The third-order valence-electron chi connectivity index (χ3n) is 4.09. The summed E-state index contributed by atoms with van der Waals surface area (Å²) in [6.07, 6.45) is 1.52. The van der Waals surface area contributed by atoms with Crippen LogP contribution in [-0.2, 0) is 14.3 Å². The van der Waals surface area contributed by atoms with Gasteiger partial charge < -0.3 is 14.6 Å². The van der Waals surface area contributed by atoms with E-state index in [1.165, 1.54) is 18.0 Å². The number of imidazole rings is 1. The van der Waals surface area contributed by atoms with Crippen molar-refractivity contribution >= 4 is 47.9 Å². The van der Waals surface area contributed by atoms with Gasteiger partial charge >= 0.3 is 5.97 Å². The summed E-state index contributed by atoms with van der Waals surface area (Å²) in [5.74, 6) is -0.745. The van der Waals surface area contributed by atoms with Gasteiger partial charge in [-0.15, -0.1) is 0 Å².